The van der Waals surface area contributed by atoms with Gasteiger partial charge in [0.2, 0.25) is 0 Å². The molecule has 0 saturated carbocycles. The highest BCUT2D eigenvalue weighted by atomic mass is 16.6. The predicted octanol–water partition coefficient (Wildman–Crippen LogP) is 0.646. The van der Waals surface area contributed by atoms with Crippen LogP contribution in [0.25, 0.3) is 5.65 Å². The van der Waals surface area contributed by atoms with Crippen LogP contribution in [0.2, 0.25) is 0 Å². The standard InChI is InChI=1S/C7H6N4O3/c1-14-7-5(11(12)13)2-3-6-9-8-4-10(6)7/h2-4H,1H3. The maximum Gasteiger partial charge on any atom is 0.329 e. The normalized spacial score (nSPS) is 10.4. The van der Waals surface area contributed by atoms with Crippen molar-refractivity contribution in [1.82, 2.24) is 14.6 Å². The van der Waals surface area contributed by atoms with Crippen LogP contribution in [0.15, 0.2) is 18.5 Å². The Morgan fingerprint density at radius 2 is 2.36 bits per heavy atom. The van der Waals surface area contributed by atoms with Crippen molar-refractivity contribution in [3.8, 4) is 5.88 Å². The van der Waals surface area contributed by atoms with Gasteiger partial charge in [0.25, 0.3) is 5.88 Å². The van der Waals surface area contributed by atoms with Crippen LogP contribution in [0.4, 0.5) is 5.69 Å². The van der Waals surface area contributed by atoms with Crippen molar-refractivity contribution in [3.63, 3.8) is 0 Å². The molecular formula is C7H6N4O3. The second kappa shape index (κ2) is 2.95. The Hall–Kier alpha value is -2.18. The molecule has 7 nitrogen and oxygen atoms in total. The molecule has 0 aromatic carbocycles. The lowest BCUT2D eigenvalue weighted by Crippen LogP contribution is -1.99. The zero-order chi connectivity index (χ0) is 10.1. The predicted molar refractivity (Wildman–Crippen MR) is 46.2 cm³/mol. The van der Waals surface area contributed by atoms with E-state index in [1.807, 2.05) is 0 Å². The summed E-state index contributed by atoms with van der Waals surface area (Å²) in [6.45, 7) is 0. The first-order valence-corrected chi connectivity index (χ1v) is 3.75. The number of ether oxygens (including phenoxy) is 1. The molecule has 0 aliphatic carbocycles. The van der Waals surface area contributed by atoms with Crippen molar-refractivity contribution in [1.29, 1.82) is 0 Å². The van der Waals surface area contributed by atoms with Crippen molar-refractivity contribution in [2.24, 2.45) is 0 Å². The summed E-state index contributed by atoms with van der Waals surface area (Å²) in [7, 11) is 1.36. The first-order chi connectivity index (χ1) is 6.74. The largest absolute Gasteiger partial charge is 0.477 e. The summed E-state index contributed by atoms with van der Waals surface area (Å²) in [6.07, 6.45) is 1.36. The number of nitrogens with zero attached hydrogens (tertiary/aromatic N) is 4. The van der Waals surface area contributed by atoms with Crippen molar-refractivity contribution < 1.29 is 9.66 Å². The Balaban J connectivity index is 2.78. The van der Waals surface area contributed by atoms with E-state index in [2.05, 4.69) is 10.2 Å². The number of nitro groups is 1. The van der Waals surface area contributed by atoms with E-state index in [4.69, 9.17) is 4.74 Å². The lowest BCUT2D eigenvalue weighted by molar-refractivity contribution is -0.386. The van der Waals surface area contributed by atoms with E-state index in [1.165, 1.54) is 30.0 Å². The Morgan fingerprint density at radius 1 is 1.57 bits per heavy atom. The molecule has 0 amide bonds. The molecular weight excluding hydrogens is 188 g/mol. The highest BCUT2D eigenvalue weighted by Crippen LogP contribution is 2.26. The van der Waals surface area contributed by atoms with Crippen molar-refractivity contribution >= 4 is 11.3 Å². The van der Waals surface area contributed by atoms with Crippen LogP contribution in [-0.2, 0) is 0 Å². The summed E-state index contributed by atoms with van der Waals surface area (Å²) < 4.78 is 6.33. The molecule has 0 spiro atoms. The van der Waals surface area contributed by atoms with E-state index >= 15 is 0 Å². The van der Waals surface area contributed by atoms with Crippen molar-refractivity contribution in [2.75, 3.05) is 7.11 Å². The average Bonchev–Trinajstić information content (AvgIpc) is 2.63. The van der Waals surface area contributed by atoms with Gasteiger partial charge in [-0.25, -0.2) is 4.40 Å². The molecule has 0 radical (unpaired) electrons. The molecule has 7 heteroatoms. The molecule has 2 aromatic heterocycles. The molecule has 0 N–H and O–H groups in total. The Bertz CT molecular complexity index is 493. The molecule has 0 saturated heterocycles. The summed E-state index contributed by atoms with van der Waals surface area (Å²) in [6, 6.07) is 2.84. The van der Waals surface area contributed by atoms with Gasteiger partial charge in [-0.1, -0.05) is 0 Å². The van der Waals surface area contributed by atoms with Gasteiger partial charge in [0.15, 0.2) is 5.65 Å². The number of hydrogen-bond donors (Lipinski definition) is 0. The number of rotatable bonds is 2. The van der Waals surface area contributed by atoms with Crippen LogP contribution in [0.3, 0.4) is 0 Å². The smallest absolute Gasteiger partial charge is 0.329 e. The van der Waals surface area contributed by atoms with Crippen LogP contribution in [0.5, 0.6) is 5.88 Å². The molecule has 0 aliphatic heterocycles. The van der Waals surface area contributed by atoms with Crippen molar-refractivity contribution in [3.05, 3.63) is 28.6 Å². The monoisotopic (exact) mass is 194 g/mol. The molecule has 14 heavy (non-hydrogen) atoms. The van der Waals surface area contributed by atoms with Gasteiger partial charge in [-0.2, -0.15) is 0 Å². The topological polar surface area (TPSA) is 82.6 Å². The third kappa shape index (κ3) is 1.06. The van der Waals surface area contributed by atoms with Gasteiger partial charge in [0.05, 0.1) is 12.0 Å². The Morgan fingerprint density at radius 3 is 3.00 bits per heavy atom. The number of aromatic nitrogens is 3. The van der Waals surface area contributed by atoms with E-state index in [9.17, 15) is 10.1 Å². The van der Waals surface area contributed by atoms with E-state index in [0.29, 0.717) is 5.65 Å². The quantitative estimate of drug-likeness (QED) is 0.517. The molecule has 0 unspecified atom stereocenters. The summed E-state index contributed by atoms with van der Waals surface area (Å²) in [5.41, 5.74) is 0.396. The number of methoxy groups -OCH3 is 1. The van der Waals surface area contributed by atoms with Crippen molar-refractivity contribution in [2.45, 2.75) is 0 Å². The molecule has 2 aromatic rings. The number of pyridine rings is 1. The highest BCUT2D eigenvalue weighted by Gasteiger charge is 2.18. The Kier molecular flexibility index (Phi) is 1.77. The number of fused-ring (bicyclic) bond motifs is 1. The minimum absolute atomic E-state index is 0.111. The molecule has 0 aliphatic rings. The van der Waals surface area contributed by atoms with Crippen LogP contribution in [-0.4, -0.2) is 26.6 Å². The van der Waals surface area contributed by atoms with E-state index in [0.717, 1.165) is 0 Å². The second-order valence-corrected chi connectivity index (χ2v) is 2.54. The zero-order valence-corrected chi connectivity index (χ0v) is 7.25. The maximum absolute atomic E-state index is 10.6. The molecule has 72 valence electrons. The van der Waals surface area contributed by atoms with Crippen LogP contribution in [0, 0.1) is 10.1 Å². The number of hydrogen-bond acceptors (Lipinski definition) is 5. The Labute approximate surface area is 78.1 Å². The van der Waals surface area contributed by atoms with Gasteiger partial charge in [-0.3, -0.25) is 10.1 Å². The lowest BCUT2D eigenvalue weighted by Gasteiger charge is -2.02. The summed E-state index contributed by atoms with van der Waals surface area (Å²) in [5.74, 6) is 0.123. The fourth-order valence-electron chi connectivity index (χ4n) is 1.20. The van der Waals surface area contributed by atoms with Crippen LogP contribution in [0.1, 0.15) is 0 Å². The lowest BCUT2D eigenvalue weighted by atomic mass is 10.4. The van der Waals surface area contributed by atoms with Gasteiger partial charge >= 0.3 is 5.69 Å². The molecule has 0 atom stereocenters. The molecule has 2 heterocycles. The maximum atomic E-state index is 10.6. The SMILES string of the molecule is COc1c([N+](=O)[O-])ccc2nncn12. The first kappa shape index (κ1) is 8.42. The van der Waals surface area contributed by atoms with Gasteiger partial charge in [0.1, 0.15) is 6.33 Å². The minimum Gasteiger partial charge on any atom is -0.477 e. The summed E-state index contributed by atoms with van der Waals surface area (Å²) in [4.78, 5) is 10.1. The zero-order valence-electron chi connectivity index (χ0n) is 7.25. The highest BCUT2D eigenvalue weighted by molar-refractivity contribution is 5.51. The van der Waals surface area contributed by atoms with Crippen LogP contribution < -0.4 is 4.74 Å². The molecule has 0 bridgehead atoms. The molecule has 0 fully saturated rings. The third-order valence-corrected chi connectivity index (χ3v) is 1.79. The fraction of sp³-hybridized carbons (Fsp3) is 0.143. The summed E-state index contributed by atoms with van der Waals surface area (Å²) >= 11 is 0. The second-order valence-electron chi connectivity index (χ2n) is 2.54. The average molecular weight is 194 g/mol. The van der Waals surface area contributed by atoms with E-state index in [-0.39, 0.29) is 11.6 Å². The van der Waals surface area contributed by atoms with Gasteiger partial charge < -0.3 is 4.74 Å². The van der Waals surface area contributed by atoms with Gasteiger partial charge in [0, 0.05) is 6.07 Å². The molecule has 2 rings (SSSR count). The van der Waals surface area contributed by atoms with Gasteiger partial charge in [-0.15, -0.1) is 10.2 Å². The fourth-order valence-corrected chi connectivity index (χ4v) is 1.20. The van der Waals surface area contributed by atoms with E-state index < -0.39 is 4.92 Å². The minimum atomic E-state index is -0.516. The van der Waals surface area contributed by atoms with E-state index in [1.54, 1.807) is 0 Å². The van der Waals surface area contributed by atoms with Gasteiger partial charge in [-0.05, 0) is 6.07 Å². The first-order valence-electron chi connectivity index (χ1n) is 3.75. The van der Waals surface area contributed by atoms with Crippen LogP contribution >= 0.6 is 0 Å². The summed E-state index contributed by atoms with van der Waals surface area (Å²) in [5, 5.41) is 18.0. The third-order valence-electron chi connectivity index (χ3n) is 1.79.